The normalized spacial score (nSPS) is 15.1. The Balaban J connectivity index is 1.43. The van der Waals surface area contributed by atoms with Crippen LogP contribution in [0.15, 0.2) is 53.8 Å². The van der Waals surface area contributed by atoms with Gasteiger partial charge < -0.3 is 5.32 Å². The van der Waals surface area contributed by atoms with Gasteiger partial charge in [0.1, 0.15) is 6.33 Å². The first-order chi connectivity index (χ1) is 18.0. The number of carbonyl (C=O) groups is 2. The molecule has 1 N–H and O–H groups in total. The number of thioether (sulfide) groups is 1. The van der Waals surface area contributed by atoms with Gasteiger partial charge in [0.2, 0.25) is 5.91 Å². The summed E-state index contributed by atoms with van der Waals surface area (Å²) < 4.78 is 38.4. The highest BCUT2D eigenvalue weighted by Gasteiger charge is 2.32. The zero-order chi connectivity index (χ0) is 27.4. The minimum absolute atomic E-state index is 0.0796. The molecule has 0 unspecified atom stereocenters. The molecule has 1 aliphatic heterocycles. The predicted octanol–water partition coefficient (Wildman–Crippen LogP) is 6.39. The second-order valence-electron chi connectivity index (χ2n) is 9.19. The van der Waals surface area contributed by atoms with Crippen LogP contribution in [0.3, 0.4) is 0 Å². The van der Waals surface area contributed by atoms with Crippen molar-refractivity contribution in [3.05, 3.63) is 59.9 Å². The summed E-state index contributed by atoms with van der Waals surface area (Å²) in [5, 5.41) is 7.23. The van der Waals surface area contributed by atoms with Gasteiger partial charge in [0.05, 0.1) is 11.4 Å². The summed E-state index contributed by atoms with van der Waals surface area (Å²) >= 11 is 1.21. The number of anilines is 2. The highest BCUT2D eigenvalue weighted by Crippen LogP contribution is 2.34. The number of halogens is 3. The molecule has 2 heterocycles. The molecule has 0 aliphatic carbocycles. The van der Waals surface area contributed by atoms with Crippen molar-refractivity contribution in [3.63, 3.8) is 0 Å². The molecule has 0 saturated carbocycles. The van der Waals surface area contributed by atoms with E-state index in [4.69, 9.17) is 0 Å². The van der Waals surface area contributed by atoms with E-state index in [2.05, 4.69) is 20.4 Å². The fraction of sp³-hybridized carbons (Fsp3) is 0.346. The second kappa shape index (κ2) is 11.4. The standard InChI is InChI=1S/C26H27F3N6O2S/c1-16(2)20-10-5-17(3)13-21(20)35-22(36)14-38-25(35)32-24(37)31-19-8-6-18(7-9-19)23-30-15-34(33-23)12-4-11-26(27,28)29/h5-10,13,15-16H,4,11-12,14H2,1-3H3,(H,31,37). The van der Waals surface area contributed by atoms with Crippen molar-refractivity contribution in [2.24, 2.45) is 4.99 Å². The van der Waals surface area contributed by atoms with E-state index in [1.54, 1.807) is 24.3 Å². The summed E-state index contributed by atoms with van der Waals surface area (Å²) in [6.45, 7) is 6.15. The number of alkyl halides is 3. The number of carbonyl (C=O) groups excluding carboxylic acids is 2. The molecule has 3 aromatic rings. The van der Waals surface area contributed by atoms with E-state index in [0.29, 0.717) is 22.2 Å². The van der Waals surface area contributed by atoms with Crippen LogP contribution in [-0.2, 0) is 11.3 Å². The van der Waals surface area contributed by atoms with Crippen molar-refractivity contribution in [1.29, 1.82) is 0 Å². The van der Waals surface area contributed by atoms with E-state index in [1.807, 2.05) is 39.0 Å². The maximum Gasteiger partial charge on any atom is 0.389 e. The first kappa shape index (κ1) is 27.4. The van der Waals surface area contributed by atoms with E-state index < -0.39 is 18.6 Å². The minimum atomic E-state index is -4.20. The second-order valence-corrected chi connectivity index (χ2v) is 10.1. The molecule has 1 aromatic heterocycles. The van der Waals surface area contributed by atoms with Crippen LogP contribution in [0.2, 0.25) is 0 Å². The summed E-state index contributed by atoms with van der Waals surface area (Å²) in [6.07, 6.45) is -3.77. The maximum absolute atomic E-state index is 12.7. The Morgan fingerprint density at radius 1 is 1.18 bits per heavy atom. The number of nitrogens with one attached hydrogen (secondary N) is 1. The number of nitrogens with zero attached hydrogens (tertiary/aromatic N) is 5. The van der Waals surface area contributed by atoms with Gasteiger partial charge >= 0.3 is 12.2 Å². The molecule has 200 valence electrons. The third-order valence-electron chi connectivity index (χ3n) is 5.79. The Labute approximate surface area is 222 Å². The van der Waals surface area contributed by atoms with Gasteiger partial charge in [-0.05, 0) is 60.7 Å². The number of aryl methyl sites for hydroxylation is 2. The van der Waals surface area contributed by atoms with Crippen LogP contribution in [0.25, 0.3) is 11.4 Å². The van der Waals surface area contributed by atoms with E-state index in [0.717, 1.165) is 16.8 Å². The number of benzene rings is 2. The Bertz CT molecular complexity index is 1350. The molecule has 0 atom stereocenters. The summed E-state index contributed by atoms with van der Waals surface area (Å²) in [4.78, 5) is 35.2. The third-order valence-corrected chi connectivity index (χ3v) is 6.71. The van der Waals surface area contributed by atoms with E-state index in [-0.39, 0.29) is 30.5 Å². The number of rotatable bonds is 7. The molecule has 38 heavy (non-hydrogen) atoms. The van der Waals surface area contributed by atoms with Crippen LogP contribution in [0.5, 0.6) is 0 Å². The van der Waals surface area contributed by atoms with Crippen LogP contribution in [-0.4, -0.2) is 43.8 Å². The van der Waals surface area contributed by atoms with Gasteiger partial charge in [0.15, 0.2) is 11.0 Å². The fourth-order valence-corrected chi connectivity index (χ4v) is 4.79. The first-order valence-corrected chi connectivity index (χ1v) is 13.0. The lowest BCUT2D eigenvalue weighted by Crippen LogP contribution is -2.31. The van der Waals surface area contributed by atoms with E-state index in [1.165, 1.54) is 27.7 Å². The SMILES string of the molecule is Cc1ccc(C(C)C)c(N2C(=O)CSC2=NC(=O)Nc2ccc(-c3ncn(CCCC(F)(F)F)n3)cc2)c1. The summed E-state index contributed by atoms with van der Waals surface area (Å²) in [6, 6.07) is 12.0. The molecule has 1 aliphatic rings. The van der Waals surface area contributed by atoms with Crippen LogP contribution in [0, 0.1) is 6.92 Å². The number of amidine groups is 1. The average molecular weight is 545 g/mol. The molecule has 1 saturated heterocycles. The largest absolute Gasteiger partial charge is 0.389 e. The fourth-order valence-electron chi connectivity index (χ4n) is 3.93. The summed E-state index contributed by atoms with van der Waals surface area (Å²) in [7, 11) is 0. The van der Waals surface area contributed by atoms with Gasteiger partial charge in [-0.2, -0.15) is 23.3 Å². The maximum atomic E-state index is 12.7. The van der Waals surface area contributed by atoms with Crippen molar-refractivity contribution in [3.8, 4) is 11.4 Å². The van der Waals surface area contributed by atoms with Gasteiger partial charge in [-0.3, -0.25) is 14.4 Å². The molecular formula is C26H27F3N6O2S. The number of hydrogen-bond acceptors (Lipinski definition) is 5. The molecule has 0 spiro atoms. The monoisotopic (exact) mass is 544 g/mol. The van der Waals surface area contributed by atoms with Gasteiger partial charge in [0.25, 0.3) is 0 Å². The molecule has 4 rings (SSSR count). The van der Waals surface area contributed by atoms with Gasteiger partial charge in [-0.1, -0.05) is 37.7 Å². The predicted molar refractivity (Wildman–Crippen MR) is 142 cm³/mol. The Kier molecular flexibility index (Phi) is 8.20. The van der Waals surface area contributed by atoms with Crippen LogP contribution in [0.1, 0.15) is 43.7 Å². The lowest BCUT2D eigenvalue weighted by Gasteiger charge is -2.22. The van der Waals surface area contributed by atoms with Gasteiger partial charge in [-0.15, -0.1) is 0 Å². The first-order valence-electron chi connectivity index (χ1n) is 12.0. The molecular weight excluding hydrogens is 517 g/mol. The van der Waals surface area contributed by atoms with Crippen molar-refractivity contribution < 1.29 is 22.8 Å². The number of aromatic nitrogens is 3. The van der Waals surface area contributed by atoms with Crippen LogP contribution < -0.4 is 10.2 Å². The Hall–Kier alpha value is -3.67. The smallest absolute Gasteiger partial charge is 0.306 e. The molecule has 8 nitrogen and oxygen atoms in total. The Morgan fingerprint density at radius 3 is 2.61 bits per heavy atom. The topological polar surface area (TPSA) is 92.5 Å². The van der Waals surface area contributed by atoms with Crippen molar-refractivity contribution in [1.82, 2.24) is 14.8 Å². The van der Waals surface area contributed by atoms with Crippen molar-refractivity contribution >= 4 is 40.2 Å². The summed E-state index contributed by atoms with van der Waals surface area (Å²) in [5.41, 5.74) is 3.85. The molecule has 1 fully saturated rings. The minimum Gasteiger partial charge on any atom is -0.306 e. The Morgan fingerprint density at radius 2 is 1.92 bits per heavy atom. The number of aliphatic imine (C=N–C) groups is 1. The third kappa shape index (κ3) is 6.80. The quantitative estimate of drug-likeness (QED) is 0.372. The number of amides is 3. The van der Waals surface area contributed by atoms with Gasteiger partial charge in [-0.25, -0.2) is 9.78 Å². The van der Waals surface area contributed by atoms with Gasteiger partial charge in [0, 0.05) is 24.2 Å². The molecule has 12 heteroatoms. The molecule has 0 bridgehead atoms. The molecule has 3 amide bonds. The molecule has 2 aromatic carbocycles. The van der Waals surface area contributed by atoms with Crippen LogP contribution in [0.4, 0.5) is 29.3 Å². The number of urea groups is 1. The molecule has 0 radical (unpaired) electrons. The zero-order valence-corrected chi connectivity index (χ0v) is 21.9. The van der Waals surface area contributed by atoms with Crippen molar-refractivity contribution in [2.45, 2.75) is 52.3 Å². The highest BCUT2D eigenvalue weighted by atomic mass is 32.2. The highest BCUT2D eigenvalue weighted by molar-refractivity contribution is 8.15. The average Bonchev–Trinajstić information content (AvgIpc) is 3.45. The lowest BCUT2D eigenvalue weighted by atomic mass is 9.99. The van der Waals surface area contributed by atoms with E-state index in [9.17, 15) is 22.8 Å². The van der Waals surface area contributed by atoms with Crippen molar-refractivity contribution in [2.75, 3.05) is 16.0 Å². The van der Waals surface area contributed by atoms with Crippen LogP contribution >= 0.6 is 11.8 Å². The number of hydrogen-bond donors (Lipinski definition) is 1. The van der Waals surface area contributed by atoms with E-state index >= 15 is 0 Å². The zero-order valence-electron chi connectivity index (χ0n) is 21.1. The summed E-state index contributed by atoms with van der Waals surface area (Å²) in [5.74, 6) is 0.607. The lowest BCUT2D eigenvalue weighted by molar-refractivity contribution is -0.136.